The first kappa shape index (κ1) is 17.0. The summed E-state index contributed by atoms with van der Waals surface area (Å²) in [6, 6.07) is 15.0. The van der Waals surface area contributed by atoms with Gasteiger partial charge in [-0.2, -0.15) is 9.90 Å². The molecule has 0 spiro atoms. The maximum atomic E-state index is 6.47. The van der Waals surface area contributed by atoms with Gasteiger partial charge < -0.3 is 0 Å². The lowest BCUT2D eigenvalue weighted by Crippen LogP contribution is -2.03. The number of aromatic nitrogens is 6. The predicted molar refractivity (Wildman–Crippen MR) is 101 cm³/mol. The number of hydrogen-bond donors (Lipinski definition) is 0. The zero-order chi connectivity index (χ0) is 18.1. The molecule has 2 aromatic heterocycles. The molecule has 0 atom stereocenters. The third-order valence-corrected chi connectivity index (χ3v) is 4.69. The van der Waals surface area contributed by atoms with Crippen molar-refractivity contribution in [1.29, 1.82) is 0 Å². The van der Waals surface area contributed by atoms with Crippen LogP contribution in [-0.2, 0) is 6.54 Å². The van der Waals surface area contributed by atoms with E-state index in [-0.39, 0.29) is 0 Å². The van der Waals surface area contributed by atoms with Crippen LogP contribution in [0.2, 0.25) is 15.2 Å². The van der Waals surface area contributed by atoms with E-state index in [0.29, 0.717) is 38.8 Å². The van der Waals surface area contributed by atoms with Crippen molar-refractivity contribution in [3.05, 3.63) is 75.5 Å². The molecule has 2 aromatic carbocycles. The first-order chi connectivity index (χ1) is 12.6. The van der Waals surface area contributed by atoms with Gasteiger partial charge in [0, 0.05) is 0 Å². The van der Waals surface area contributed by atoms with Crippen LogP contribution in [0.25, 0.3) is 17.1 Å². The third kappa shape index (κ3) is 3.19. The van der Waals surface area contributed by atoms with E-state index in [4.69, 9.17) is 34.8 Å². The zero-order valence-corrected chi connectivity index (χ0v) is 15.5. The van der Waals surface area contributed by atoms with Crippen LogP contribution in [0, 0.1) is 0 Å². The van der Waals surface area contributed by atoms with Gasteiger partial charge in [-0.05, 0) is 22.9 Å². The molecule has 0 fully saturated rings. The number of halogens is 3. The molecule has 0 amide bonds. The van der Waals surface area contributed by atoms with Gasteiger partial charge in [0.25, 0.3) is 0 Å². The van der Waals surface area contributed by atoms with Gasteiger partial charge in [-0.25, -0.2) is 4.68 Å². The number of hydrogen-bond acceptors (Lipinski definition) is 4. The van der Waals surface area contributed by atoms with Crippen LogP contribution in [0.5, 0.6) is 0 Å². The lowest BCUT2D eigenvalue weighted by Gasteiger charge is -2.07. The van der Waals surface area contributed by atoms with Crippen LogP contribution in [-0.4, -0.2) is 30.0 Å². The standard InChI is InChI=1S/C17H11Cl3N6/c18-13-7-4-8-14(19)15(13)26-16(20)12(9-21-26)17-22-24-25(23-17)10-11-5-2-1-3-6-11/h1-9H,10H2. The molecule has 0 aliphatic carbocycles. The van der Waals surface area contributed by atoms with Crippen molar-refractivity contribution in [1.82, 2.24) is 30.0 Å². The highest BCUT2D eigenvalue weighted by molar-refractivity contribution is 6.38. The Kier molecular flexibility index (Phi) is 4.63. The lowest BCUT2D eigenvalue weighted by molar-refractivity contribution is 0.573. The Morgan fingerprint density at radius 2 is 1.62 bits per heavy atom. The van der Waals surface area contributed by atoms with Crippen molar-refractivity contribution < 1.29 is 0 Å². The van der Waals surface area contributed by atoms with Gasteiger partial charge in [0.05, 0.1) is 28.4 Å². The van der Waals surface area contributed by atoms with Gasteiger partial charge in [-0.15, -0.1) is 10.2 Å². The predicted octanol–water partition coefficient (Wildman–Crippen LogP) is 4.53. The molecule has 2 heterocycles. The van der Waals surface area contributed by atoms with Crippen LogP contribution in [0.3, 0.4) is 0 Å². The van der Waals surface area contributed by atoms with Gasteiger partial charge in [0.1, 0.15) is 10.8 Å². The minimum absolute atomic E-state index is 0.305. The number of nitrogens with zero attached hydrogens (tertiary/aromatic N) is 6. The number of rotatable bonds is 4. The van der Waals surface area contributed by atoms with Crippen molar-refractivity contribution in [2.45, 2.75) is 6.54 Å². The molecular formula is C17H11Cl3N6. The third-order valence-electron chi connectivity index (χ3n) is 3.72. The van der Waals surface area contributed by atoms with E-state index in [0.717, 1.165) is 5.56 Å². The van der Waals surface area contributed by atoms with Crippen molar-refractivity contribution in [2.24, 2.45) is 0 Å². The molecule has 0 N–H and O–H groups in total. The summed E-state index contributed by atoms with van der Waals surface area (Å²) in [6.45, 7) is 0.510. The number of benzene rings is 2. The highest BCUT2D eigenvalue weighted by atomic mass is 35.5. The summed E-state index contributed by atoms with van der Waals surface area (Å²) < 4.78 is 1.46. The highest BCUT2D eigenvalue weighted by Gasteiger charge is 2.19. The Morgan fingerprint density at radius 3 is 2.35 bits per heavy atom. The van der Waals surface area contributed by atoms with E-state index >= 15 is 0 Å². The smallest absolute Gasteiger partial charge is 0.209 e. The van der Waals surface area contributed by atoms with Crippen LogP contribution >= 0.6 is 34.8 Å². The van der Waals surface area contributed by atoms with Gasteiger partial charge in [0.15, 0.2) is 0 Å². The van der Waals surface area contributed by atoms with Gasteiger partial charge in [-0.3, -0.25) is 0 Å². The molecule has 0 unspecified atom stereocenters. The van der Waals surface area contributed by atoms with Crippen molar-refractivity contribution in [3.63, 3.8) is 0 Å². The van der Waals surface area contributed by atoms with E-state index in [1.807, 2.05) is 30.3 Å². The molecule has 0 radical (unpaired) electrons. The molecule has 130 valence electrons. The average molecular weight is 406 g/mol. The molecule has 0 saturated carbocycles. The summed E-state index contributed by atoms with van der Waals surface area (Å²) in [4.78, 5) is 1.50. The Bertz CT molecular complexity index is 1040. The molecule has 0 aliphatic rings. The van der Waals surface area contributed by atoms with E-state index in [9.17, 15) is 0 Å². The monoisotopic (exact) mass is 404 g/mol. The van der Waals surface area contributed by atoms with Crippen LogP contribution in [0.15, 0.2) is 54.7 Å². The summed E-state index contributed by atoms with van der Waals surface area (Å²) in [5.41, 5.74) is 2.12. The van der Waals surface area contributed by atoms with E-state index in [2.05, 4.69) is 20.5 Å². The quantitative estimate of drug-likeness (QED) is 0.500. The second kappa shape index (κ2) is 7.07. The van der Waals surface area contributed by atoms with Crippen LogP contribution in [0.1, 0.15) is 5.56 Å². The normalized spacial score (nSPS) is 11.0. The Balaban J connectivity index is 1.67. The van der Waals surface area contributed by atoms with Crippen molar-refractivity contribution in [2.75, 3.05) is 0 Å². The van der Waals surface area contributed by atoms with E-state index in [1.54, 1.807) is 24.4 Å². The fourth-order valence-corrected chi connectivity index (χ4v) is 3.31. The average Bonchev–Trinajstić information content (AvgIpc) is 3.23. The van der Waals surface area contributed by atoms with Gasteiger partial charge in [0.2, 0.25) is 5.82 Å². The molecule has 26 heavy (non-hydrogen) atoms. The second-order valence-electron chi connectivity index (χ2n) is 5.46. The first-order valence-electron chi connectivity index (χ1n) is 7.63. The Labute approximate surface area is 163 Å². The number of para-hydroxylation sites is 1. The van der Waals surface area contributed by atoms with Crippen LogP contribution in [0.4, 0.5) is 0 Å². The van der Waals surface area contributed by atoms with Crippen molar-refractivity contribution in [3.8, 4) is 17.1 Å². The second-order valence-corrected chi connectivity index (χ2v) is 6.63. The molecule has 0 bridgehead atoms. The maximum Gasteiger partial charge on any atom is 0.209 e. The zero-order valence-electron chi connectivity index (χ0n) is 13.2. The molecule has 0 aliphatic heterocycles. The summed E-state index contributed by atoms with van der Waals surface area (Å²) >= 11 is 18.9. The molecule has 9 heteroatoms. The first-order valence-corrected chi connectivity index (χ1v) is 8.77. The minimum atomic E-state index is 0.305. The highest BCUT2D eigenvalue weighted by Crippen LogP contribution is 2.33. The van der Waals surface area contributed by atoms with Crippen LogP contribution < -0.4 is 0 Å². The maximum absolute atomic E-state index is 6.47. The lowest BCUT2D eigenvalue weighted by atomic mass is 10.2. The molecule has 6 nitrogen and oxygen atoms in total. The fraction of sp³-hybridized carbons (Fsp3) is 0.0588. The Morgan fingerprint density at radius 1 is 0.885 bits per heavy atom. The molecular weight excluding hydrogens is 395 g/mol. The summed E-state index contributed by atoms with van der Waals surface area (Å²) in [5, 5.41) is 18.0. The SMILES string of the molecule is Clc1cccc(Cl)c1-n1ncc(-c2nnn(Cc3ccccc3)n2)c1Cl. The molecule has 0 saturated heterocycles. The minimum Gasteiger partial charge on any atom is -0.218 e. The fourth-order valence-electron chi connectivity index (χ4n) is 2.50. The summed E-state index contributed by atoms with van der Waals surface area (Å²) in [5.74, 6) is 0.375. The number of tetrazole rings is 1. The molecule has 4 aromatic rings. The molecule has 4 rings (SSSR count). The van der Waals surface area contributed by atoms with Gasteiger partial charge in [-0.1, -0.05) is 71.2 Å². The summed E-state index contributed by atoms with van der Waals surface area (Å²) in [7, 11) is 0. The topological polar surface area (TPSA) is 61.4 Å². The Hall–Kier alpha value is -2.41. The summed E-state index contributed by atoms with van der Waals surface area (Å²) in [6.07, 6.45) is 1.56. The van der Waals surface area contributed by atoms with Crippen molar-refractivity contribution >= 4 is 34.8 Å². The van der Waals surface area contributed by atoms with E-state index in [1.165, 1.54) is 9.48 Å². The van der Waals surface area contributed by atoms with Gasteiger partial charge >= 0.3 is 0 Å². The largest absolute Gasteiger partial charge is 0.218 e. The van der Waals surface area contributed by atoms with E-state index < -0.39 is 0 Å².